The van der Waals surface area contributed by atoms with Crippen molar-refractivity contribution in [3.05, 3.63) is 28.7 Å². The Labute approximate surface area is 157 Å². The molecule has 1 aliphatic heterocycles. The lowest BCUT2D eigenvalue weighted by Crippen LogP contribution is -3.15. The van der Waals surface area contributed by atoms with E-state index >= 15 is 0 Å². The van der Waals surface area contributed by atoms with Crippen molar-refractivity contribution < 1.29 is 14.5 Å². The van der Waals surface area contributed by atoms with E-state index in [9.17, 15) is 9.59 Å². The van der Waals surface area contributed by atoms with Gasteiger partial charge in [-0.15, -0.1) is 0 Å². The normalized spacial score (nSPS) is 25.7. The predicted molar refractivity (Wildman–Crippen MR) is 101 cm³/mol. The molecule has 1 saturated heterocycles. The van der Waals surface area contributed by atoms with Crippen LogP contribution in [0, 0.1) is 11.8 Å². The maximum Gasteiger partial charge on any atom is 0.275 e. The Kier molecular flexibility index (Phi) is 6.48. The smallest absolute Gasteiger partial charge is 0.275 e. The fourth-order valence-corrected chi connectivity index (χ4v) is 4.57. The van der Waals surface area contributed by atoms with E-state index in [0.717, 1.165) is 29.4 Å². The summed E-state index contributed by atoms with van der Waals surface area (Å²) in [5, 5.41) is 5.55. The molecule has 3 rings (SSSR count). The van der Waals surface area contributed by atoms with Crippen molar-refractivity contribution in [3.8, 4) is 0 Å². The molecule has 2 aliphatic rings. The van der Waals surface area contributed by atoms with Crippen LogP contribution in [0.3, 0.4) is 0 Å². The van der Waals surface area contributed by atoms with Gasteiger partial charge in [-0.3, -0.25) is 9.59 Å². The lowest BCUT2D eigenvalue weighted by Gasteiger charge is -2.38. The molecule has 0 bridgehead atoms. The maximum atomic E-state index is 12.2. The second-order valence-corrected chi connectivity index (χ2v) is 8.13. The minimum Gasteiger partial charge on any atom is -0.342 e. The maximum absolute atomic E-state index is 12.2. The molecule has 1 aliphatic carbocycles. The van der Waals surface area contributed by atoms with Gasteiger partial charge in [0, 0.05) is 10.4 Å². The summed E-state index contributed by atoms with van der Waals surface area (Å²) in [4.78, 5) is 25.5. The van der Waals surface area contributed by atoms with Crippen molar-refractivity contribution in [2.24, 2.45) is 11.8 Å². The van der Waals surface area contributed by atoms with Gasteiger partial charge in [0.05, 0.1) is 25.3 Å². The molecule has 3 N–H and O–H groups in total. The molecule has 2 fully saturated rings. The van der Waals surface area contributed by atoms with Gasteiger partial charge in [0.1, 0.15) is 0 Å². The Morgan fingerprint density at radius 1 is 1.08 bits per heavy atom. The standard InChI is InChI=1S/C19H26BrN3O2/c20-16-7-3-4-8-17(16)22-18(24)11-21-19(25)13-23-10-9-14-5-1-2-6-15(14)12-23/h3-4,7-8,14-15H,1-2,5-6,9-13H2,(H,21,25)(H,22,24)/p+1/t14-,15+/m0/s1. The quantitative estimate of drug-likeness (QED) is 0.692. The number of para-hydroxylation sites is 1. The van der Waals surface area contributed by atoms with Crippen LogP contribution < -0.4 is 15.5 Å². The number of hydrogen-bond donors (Lipinski definition) is 3. The summed E-state index contributed by atoms with van der Waals surface area (Å²) in [5.74, 6) is 1.44. The van der Waals surface area contributed by atoms with Crippen molar-refractivity contribution in [2.75, 3.05) is 31.5 Å². The Balaban J connectivity index is 1.39. The van der Waals surface area contributed by atoms with Crippen molar-refractivity contribution in [1.29, 1.82) is 0 Å². The van der Waals surface area contributed by atoms with Gasteiger partial charge in [0.2, 0.25) is 5.91 Å². The first kappa shape index (κ1) is 18.4. The van der Waals surface area contributed by atoms with E-state index in [1.165, 1.54) is 37.0 Å². The third-order valence-electron chi connectivity index (χ3n) is 5.49. The van der Waals surface area contributed by atoms with Crippen LogP contribution in [-0.4, -0.2) is 38.0 Å². The van der Waals surface area contributed by atoms with E-state index in [1.807, 2.05) is 24.3 Å². The number of carbonyl (C=O) groups is 2. The molecular weight excluding hydrogens is 382 g/mol. The fourth-order valence-electron chi connectivity index (χ4n) is 4.18. The van der Waals surface area contributed by atoms with Crippen LogP contribution in [-0.2, 0) is 9.59 Å². The molecule has 0 aromatic heterocycles. The SMILES string of the molecule is O=C(C[NH+]1CC[C@@H]2CCCC[C@@H]2C1)NCC(=O)Nc1ccccc1Br. The predicted octanol–water partition coefficient (Wildman–Crippen LogP) is 1.60. The van der Waals surface area contributed by atoms with Crippen molar-refractivity contribution in [2.45, 2.75) is 32.1 Å². The van der Waals surface area contributed by atoms with Crippen molar-refractivity contribution >= 4 is 33.4 Å². The molecule has 0 radical (unpaired) electrons. The molecule has 5 nitrogen and oxygen atoms in total. The summed E-state index contributed by atoms with van der Waals surface area (Å²) in [6.07, 6.45) is 6.67. The Morgan fingerprint density at radius 3 is 2.64 bits per heavy atom. The molecule has 136 valence electrons. The zero-order valence-corrected chi connectivity index (χ0v) is 16.1. The first-order chi connectivity index (χ1) is 12.1. The number of fused-ring (bicyclic) bond motifs is 1. The summed E-state index contributed by atoms with van der Waals surface area (Å²) in [7, 11) is 0. The summed E-state index contributed by atoms with van der Waals surface area (Å²) in [6, 6.07) is 7.44. The van der Waals surface area contributed by atoms with E-state index < -0.39 is 0 Å². The molecule has 1 heterocycles. The average Bonchev–Trinajstić information content (AvgIpc) is 2.62. The van der Waals surface area contributed by atoms with Crippen molar-refractivity contribution in [3.63, 3.8) is 0 Å². The van der Waals surface area contributed by atoms with Gasteiger partial charge in [0.25, 0.3) is 5.91 Å². The van der Waals surface area contributed by atoms with Gasteiger partial charge in [0.15, 0.2) is 6.54 Å². The summed E-state index contributed by atoms with van der Waals surface area (Å²) in [6.45, 7) is 2.68. The Bertz CT molecular complexity index is 622. The number of amides is 2. The number of halogens is 1. The third kappa shape index (κ3) is 5.28. The number of quaternary nitrogens is 1. The Morgan fingerprint density at radius 2 is 1.84 bits per heavy atom. The molecule has 1 unspecified atom stereocenters. The second-order valence-electron chi connectivity index (χ2n) is 7.28. The highest BCUT2D eigenvalue weighted by molar-refractivity contribution is 9.10. The summed E-state index contributed by atoms with van der Waals surface area (Å²) < 4.78 is 0.828. The van der Waals surface area contributed by atoms with Crippen LogP contribution in [0.15, 0.2) is 28.7 Å². The van der Waals surface area contributed by atoms with Gasteiger partial charge < -0.3 is 15.5 Å². The van der Waals surface area contributed by atoms with E-state index in [2.05, 4.69) is 26.6 Å². The molecule has 2 amide bonds. The highest BCUT2D eigenvalue weighted by Crippen LogP contribution is 2.32. The topological polar surface area (TPSA) is 62.6 Å². The lowest BCUT2D eigenvalue weighted by atomic mass is 9.75. The molecule has 6 heteroatoms. The van der Waals surface area contributed by atoms with E-state index in [1.54, 1.807) is 0 Å². The minimum absolute atomic E-state index is 0.0134. The van der Waals surface area contributed by atoms with Crippen LogP contribution >= 0.6 is 15.9 Å². The number of carbonyl (C=O) groups excluding carboxylic acids is 2. The van der Waals surface area contributed by atoms with Crippen molar-refractivity contribution in [1.82, 2.24) is 5.32 Å². The molecule has 1 aromatic carbocycles. The number of hydrogen-bond acceptors (Lipinski definition) is 2. The molecule has 1 aromatic rings. The van der Waals surface area contributed by atoms with Crippen LogP contribution in [0.5, 0.6) is 0 Å². The zero-order chi connectivity index (χ0) is 17.6. The number of likely N-dealkylation sites (tertiary alicyclic amines) is 1. The fraction of sp³-hybridized carbons (Fsp3) is 0.579. The molecule has 3 atom stereocenters. The van der Waals surface area contributed by atoms with Crippen LogP contribution in [0.1, 0.15) is 32.1 Å². The highest BCUT2D eigenvalue weighted by Gasteiger charge is 2.34. The van der Waals surface area contributed by atoms with Gasteiger partial charge in [-0.25, -0.2) is 0 Å². The monoisotopic (exact) mass is 408 g/mol. The molecule has 1 saturated carbocycles. The van der Waals surface area contributed by atoms with Gasteiger partial charge in [-0.05, 0) is 53.2 Å². The molecule has 0 spiro atoms. The first-order valence-electron chi connectivity index (χ1n) is 9.26. The van der Waals surface area contributed by atoms with Crippen LogP contribution in [0.25, 0.3) is 0 Å². The minimum atomic E-state index is -0.207. The number of anilines is 1. The molecule has 25 heavy (non-hydrogen) atoms. The number of benzene rings is 1. The van der Waals surface area contributed by atoms with E-state index in [4.69, 9.17) is 0 Å². The van der Waals surface area contributed by atoms with Gasteiger partial charge in [-0.2, -0.15) is 0 Å². The Hall–Kier alpha value is -1.40. The third-order valence-corrected chi connectivity index (χ3v) is 6.18. The van der Waals surface area contributed by atoms with E-state index in [-0.39, 0.29) is 18.4 Å². The van der Waals surface area contributed by atoms with E-state index in [0.29, 0.717) is 12.2 Å². The lowest BCUT2D eigenvalue weighted by molar-refractivity contribution is -0.902. The second kappa shape index (κ2) is 8.81. The average molecular weight is 409 g/mol. The summed E-state index contributed by atoms with van der Waals surface area (Å²) in [5.41, 5.74) is 0.715. The largest absolute Gasteiger partial charge is 0.342 e. The number of nitrogens with one attached hydrogen (secondary N) is 3. The number of piperidine rings is 1. The first-order valence-corrected chi connectivity index (χ1v) is 10.1. The van der Waals surface area contributed by atoms with Gasteiger partial charge in [-0.1, -0.05) is 25.0 Å². The van der Waals surface area contributed by atoms with Crippen LogP contribution in [0.4, 0.5) is 5.69 Å². The number of rotatable bonds is 5. The summed E-state index contributed by atoms with van der Waals surface area (Å²) >= 11 is 3.39. The van der Waals surface area contributed by atoms with Gasteiger partial charge >= 0.3 is 0 Å². The zero-order valence-electron chi connectivity index (χ0n) is 14.5. The molecular formula is C19H27BrN3O2+. The highest BCUT2D eigenvalue weighted by atomic mass is 79.9. The van der Waals surface area contributed by atoms with Crippen LogP contribution in [0.2, 0.25) is 0 Å².